The second-order valence-electron chi connectivity index (χ2n) is 6.46. The molecule has 2 aromatic carbocycles. The number of carbonyl (C=O) groups is 2. The second-order valence-corrected chi connectivity index (χ2v) is 7.90. The fraction of sp³-hybridized carbons (Fsp3) is 0.286. The standard InChI is InChI=1S/C21H22ClN3O4S/c1-4-18(26)25-21-23-15-7-5-12(9-17(15)30-21)6-8-19(27)24-20-14(22)10-13(28-2)11-16(20)29-3/h5,7,9-11H,4,6,8H2,1-3H3,(H,24,27)(H,23,25,26). The van der Waals surface area contributed by atoms with E-state index in [4.69, 9.17) is 21.1 Å². The van der Waals surface area contributed by atoms with Crippen molar-refractivity contribution in [1.82, 2.24) is 4.98 Å². The van der Waals surface area contributed by atoms with Crippen LogP contribution in [0.3, 0.4) is 0 Å². The van der Waals surface area contributed by atoms with E-state index < -0.39 is 0 Å². The van der Waals surface area contributed by atoms with Crippen LogP contribution in [0.1, 0.15) is 25.3 Å². The number of hydrogen-bond donors (Lipinski definition) is 2. The zero-order chi connectivity index (χ0) is 21.7. The number of aromatic nitrogens is 1. The van der Waals surface area contributed by atoms with Gasteiger partial charge in [-0.25, -0.2) is 4.98 Å². The highest BCUT2D eigenvalue weighted by Gasteiger charge is 2.14. The number of nitrogens with one attached hydrogen (secondary N) is 2. The Hall–Kier alpha value is -2.84. The third kappa shape index (κ3) is 5.20. The second kappa shape index (κ2) is 9.77. The van der Waals surface area contributed by atoms with Crippen LogP contribution < -0.4 is 20.1 Å². The van der Waals surface area contributed by atoms with Crippen molar-refractivity contribution in [2.45, 2.75) is 26.2 Å². The van der Waals surface area contributed by atoms with Gasteiger partial charge in [0.25, 0.3) is 0 Å². The molecule has 0 radical (unpaired) electrons. The van der Waals surface area contributed by atoms with Crippen LogP contribution in [0.2, 0.25) is 5.02 Å². The number of nitrogens with zero attached hydrogens (tertiary/aromatic N) is 1. The van der Waals surface area contributed by atoms with Crippen molar-refractivity contribution in [2.75, 3.05) is 24.9 Å². The molecule has 3 rings (SSSR count). The molecule has 2 N–H and O–H groups in total. The summed E-state index contributed by atoms with van der Waals surface area (Å²) < 4.78 is 11.4. The molecule has 7 nitrogen and oxygen atoms in total. The Morgan fingerprint density at radius 1 is 1.10 bits per heavy atom. The highest BCUT2D eigenvalue weighted by Crippen LogP contribution is 2.37. The number of amides is 2. The fourth-order valence-corrected chi connectivity index (χ4v) is 4.00. The van der Waals surface area contributed by atoms with Crippen molar-refractivity contribution in [3.05, 3.63) is 40.9 Å². The van der Waals surface area contributed by atoms with Gasteiger partial charge >= 0.3 is 0 Å². The number of rotatable bonds is 8. The van der Waals surface area contributed by atoms with Crippen LogP contribution in [0, 0.1) is 0 Å². The lowest BCUT2D eigenvalue weighted by molar-refractivity contribution is -0.116. The van der Waals surface area contributed by atoms with Gasteiger partial charge in [0.15, 0.2) is 5.13 Å². The molecule has 0 atom stereocenters. The van der Waals surface area contributed by atoms with Crippen molar-refractivity contribution in [3.63, 3.8) is 0 Å². The summed E-state index contributed by atoms with van der Waals surface area (Å²) in [6, 6.07) is 9.09. The fourth-order valence-electron chi connectivity index (χ4n) is 2.80. The first-order chi connectivity index (χ1) is 14.4. The zero-order valence-electron chi connectivity index (χ0n) is 16.9. The first kappa shape index (κ1) is 21.9. The summed E-state index contributed by atoms with van der Waals surface area (Å²) in [4.78, 5) is 28.4. The number of hydrogen-bond acceptors (Lipinski definition) is 6. The largest absolute Gasteiger partial charge is 0.497 e. The maximum Gasteiger partial charge on any atom is 0.225 e. The van der Waals surface area contributed by atoms with E-state index in [1.165, 1.54) is 25.6 Å². The Balaban J connectivity index is 1.66. The topological polar surface area (TPSA) is 89.6 Å². The van der Waals surface area contributed by atoms with Crippen LogP contribution in [0.25, 0.3) is 10.2 Å². The van der Waals surface area contributed by atoms with E-state index in [1.54, 1.807) is 19.1 Å². The van der Waals surface area contributed by atoms with E-state index >= 15 is 0 Å². The molecule has 0 fully saturated rings. The number of fused-ring (bicyclic) bond motifs is 1. The smallest absolute Gasteiger partial charge is 0.225 e. The minimum absolute atomic E-state index is 0.0708. The average Bonchev–Trinajstić information content (AvgIpc) is 3.14. The normalized spacial score (nSPS) is 10.7. The Morgan fingerprint density at radius 3 is 2.60 bits per heavy atom. The van der Waals surface area contributed by atoms with Crippen LogP contribution in [-0.4, -0.2) is 31.0 Å². The number of carbonyl (C=O) groups excluding carboxylic acids is 2. The summed E-state index contributed by atoms with van der Waals surface area (Å²) in [7, 11) is 3.03. The molecule has 30 heavy (non-hydrogen) atoms. The van der Waals surface area contributed by atoms with Crippen molar-refractivity contribution >= 4 is 55.8 Å². The molecule has 0 aliphatic rings. The molecule has 0 saturated heterocycles. The summed E-state index contributed by atoms with van der Waals surface area (Å²) in [5, 5.41) is 6.50. The van der Waals surface area contributed by atoms with E-state index in [1.807, 2.05) is 18.2 Å². The lowest BCUT2D eigenvalue weighted by Crippen LogP contribution is -2.13. The highest BCUT2D eigenvalue weighted by atomic mass is 35.5. The predicted octanol–water partition coefficient (Wildman–Crippen LogP) is 4.89. The van der Waals surface area contributed by atoms with Gasteiger partial charge in [0.05, 0.1) is 29.5 Å². The quantitative estimate of drug-likeness (QED) is 0.513. The summed E-state index contributed by atoms with van der Waals surface area (Å²) in [5.74, 6) is 0.724. The number of methoxy groups -OCH3 is 2. The van der Waals surface area contributed by atoms with Gasteiger partial charge in [-0.2, -0.15) is 0 Å². The van der Waals surface area contributed by atoms with Gasteiger partial charge in [-0.15, -0.1) is 0 Å². The third-order valence-electron chi connectivity index (χ3n) is 4.41. The van der Waals surface area contributed by atoms with E-state index in [2.05, 4.69) is 15.6 Å². The maximum absolute atomic E-state index is 12.5. The van der Waals surface area contributed by atoms with Crippen molar-refractivity contribution in [3.8, 4) is 11.5 Å². The van der Waals surface area contributed by atoms with Gasteiger partial charge in [0.1, 0.15) is 17.2 Å². The Labute approximate surface area is 183 Å². The van der Waals surface area contributed by atoms with Crippen molar-refractivity contribution in [1.29, 1.82) is 0 Å². The molecule has 1 heterocycles. The van der Waals surface area contributed by atoms with E-state index in [-0.39, 0.29) is 18.2 Å². The molecular formula is C21H22ClN3O4S. The Morgan fingerprint density at radius 2 is 1.90 bits per heavy atom. The van der Waals surface area contributed by atoms with Crippen LogP contribution in [-0.2, 0) is 16.0 Å². The number of thiazole rings is 1. The SMILES string of the molecule is CCC(=O)Nc1nc2ccc(CCC(=O)Nc3c(Cl)cc(OC)cc3OC)cc2s1. The molecule has 0 bridgehead atoms. The van der Waals surface area contributed by atoms with E-state index in [9.17, 15) is 9.59 Å². The molecule has 0 saturated carbocycles. The summed E-state index contributed by atoms with van der Waals surface area (Å²) in [6.45, 7) is 1.79. The van der Waals surface area contributed by atoms with Crippen LogP contribution in [0.15, 0.2) is 30.3 Å². The summed E-state index contributed by atoms with van der Waals surface area (Å²) in [6.07, 6.45) is 1.22. The van der Waals surface area contributed by atoms with Gasteiger partial charge in [-0.3, -0.25) is 9.59 Å². The number of benzene rings is 2. The summed E-state index contributed by atoms with van der Waals surface area (Å²) >= 11 is 7.67. The maximum atomic E-state index is 12.5. The molecule has 2 amide bonds. The monoisotopic (exact) mass is 447 g/mol. The van der Waals surface area contributed by atoms with Gasteiger partial charge in [-0.05, 0) is 24.1 Å². The van der Waals surface area contributed by atoms with Crippen molar-refractivity contribution < 1.29 is 19.1 Å². The molecule has 0 aliphatic carbocycles. The number of halogens is 1. The number of anilines is 2. The molecule has 9 heteroatoms. The molecule has 158 valence electrons. The Bertz CT molecular complexity index is 1080. The lowest BCUT2D eigenvalue weighted by Gasteiger charge is -2.13. The first-order valence-corrected chi connectivity index (χ1v) is 10.5. The molecule has 3 aromatic rings. The van der Waals surface area contributed by atoms with Gasteiger partial charge in [0.2, 0.25) is 11.8 Å². The molecule has 1 aromatic heterocycles. The van der Waals surface area contributed by atoms with Gasteiger partial charge in [0, 0.05) is 25.0 Å². The third-order valence-corrected chi connectivity index (χ3v) is 5.64. The number of ether oxygens (including phenoxy) is 2. The average molecular weight is 448 g/mol. The lowest BCUT2D eigenvalue weighted by atomic mass is 10.1. The molecule has 0 spiro atoms. The summed E-state index contributed by atoms with van der Waals surface area (Å²) in [5.41, 5.74) is 2.23. The van der Waals surface area contributed by atoms with Crippen molar-refractivity contribution in [2.24, 2.45) is 0 Å². The number of aryl methyl sites for hydroxylation is 1. The molecular weight excluding hydrogens is 426 g/mol. The van der Waals surface area contributed by atoms with Crippen LogP contribution in [0.5, 0.6) is 11.5 Å². The van der Waals surface area contributed by atoms with E-state index in [0.717, 1.165) is 15.8 Å². The van der Waals surface area contributed by atoms with Gasteiger partial charge < -0.3 is 20.1 Å². The first-order valence-electron chi connectivity index (χ1n) is 9.34. The molecule has 0 unspecified atom stereocenters. The van der Waals surface area contributed by atoms with E-state index in [0.29, 0.717) is 40.2 Å². The Kier molecular flexibility index (Phi) is 7.12. The minimum Gasteiger partial charge on any atom is -0.497 e. The minimum atomic E-state index is -0.180. The zero-order valence-corrected chi connectivity index (χ0v) is 18.4. The highest BCUT2D eigenvalue weighted by molar-refractivity contribution is 7.22. The predicted molar refractivity (Wildman–Crippen MR) is 120 cm³/mol. The van der Waals surface area contributed by atoms with Gasteiger partial charge in [-0.1, -0.05) is 35.9 Å². The molecule has 0 aliphatic heterocycles. The van der Waals surface area contributed by atoms with Crippen LogP contribution >= 0.6 is 22.9 Å². The van der Waals surface area contributed by atoms with Crippen LogP contribution in [0.4, 0.5) is 10.8 Å².